The molecule has 0 aliphatic rings. The molecule has 2 heterocycles. The number of nitrogens with zero attached hydrogens (tertiary/aromatic N) is 3. The van der Waals surface area contributed by atoms with Crippen LogP contribution < -0.4 is 5.32 Å². The van der Waals surface area contributed by atoms with Crippen molar-refractivity contribution in [3.05, 3.63) is 41.9 Å². The van der Waals surface area contributed by atoms with E-state index in [0.29, 0.717) is 18.3 Å². The molecule has 0 bridgehead atoms. The number of rotatable bonds is 5. The predicted octanol–water partition coefficient (Wildman–Crippen LogP) is 3.03. The van der Waals surface area contributed by atoms with Crippen molar-refractivity contribution in [2.24, 2.45) is 5.92 Å². The zero-order chi connectivity index (χ0) is 15.5. The van der Waals surface area contributed by atoms with Gasteiger partial charge < -0.3 is 5.32 Å². The topological polar surface area (TPSA) is 42.7 Å². The highest BCUT2D eigenvalue weighted by Gasteiger charge is 2.32. The molecule has 0 radical (unpaired) electrons. The average molecular weight is 298 g/mol. The monoisotopic (exact) mass is 298 g/mol. The number of nitrogens with one attached hydrogen (secondary N) is 1. The van der Waals surface area contributed by atoms with Crippen LogP contribution in [-0.4, -0.2) is 21.3 Å². The summed E-state index contributed by atoms with van der Waals surface area (Å²) in [5, 5.41) is 6.96. The molecule has 0 unspecified atom stereocenters. The molecule has 0 spiro atoms. The van der Waals surface area contributed by atoms with Crippen molar-refractivity contribution in [1.29, 1.82) is 0 Å². The molecule has 0 aliphatic carbocycles. The third kappa shape index (κ3) is 4.29. The summed E-state index contributed by atoms with van der Waals surface area (Å²) in [7, 11) is 0. The first-order valence-electron chi connectivity index (χ1n) is 6.64. The second-order valence-electron chi connectivity index (χ2n) is 5.22. The Balaban J connectivity index is 2.03. The van der Waals surface area contributed by atoms with Crippen LogP contribution in [0.4, 0.5) is 13.2 Å². The van der Waals surface area contributed by atoms with Gasteiger partial charge in [-0.15, -0.1) is 0 Å². The lowest BCUT2D eigenvalue weighted by Gasteiger charge is -2.07. The summed E-state index contributed by atoms with van der Waals surface area (Å²) in [4.78, 5) is 4.14. The van der Waals surface area contributed by atoms with E-state index in [-0.39, 0.29) is 0 Å². The smallest absolute Gasteiger partial charge is 0.312 e. The average Bonchev–Trinajstić information content (AvgIpc) is 2.88. The maximum absolute atomic E-state index is 12.5. The fourth-order valence-corrected chi connectivity index (χ4v) is 1.76. The van der Waals surface area contributed by atoms with Crippen LogP contribution in [0.5, 0.6) is 0 Å². The first-order chi connectivity index (χ1) is 9.86. The Labute approximate surface area is 121 Å². The Kier molecular flexibility index (Phi) is 4.62. The molecule has 0 saturated carbocycles. The molecule has 0 fully saturated rings. The van der Waals surface area contributed by atoms with Gasteiger partial charge in [0.2, 0.25) is 0 Å². The third-order valence-corrected chi connectivity index (χ3v) is 2.84. The first-order valence-corrected chi connectivity index (χ1v) is 6.64. The highest BCUT2D eigenvalue weighted by molar-refractivity contribution is 5.26. The summed E-state index contributed by atoms with van der Waals surface area (Å²) in [5.41, 5.74) is 0.189. The molecule has 0 aliphatic heterocycles. The number of aromatic nitrogens is 3. The van der Waals surface area contributed by atoms with Crippen molar-refractivity contribution in [1.82, 2.24) is 20.1 Å². The summed E-state index contributed by atoms with van der Waals surface area (Å²) < 4.78 is 38.6. The molecular formula is C14H17F3N4. The Hall–Kier alpha value is -1.89. The van der Waals surface area contributed by atoms with Crippen LogP contribution >= 0.6 is 0 Å². The van der Waals surface area contributed by atoms with Gasteiger partial charge >= 0.3 is 6.18 Å². The lowest BCUT2D eigenvalue weighted by molar-refractivity contribution is -0.137. The van der Waals surface area contributed by atoms with Crippen molar-refractivity contribution in [2.75, 3.05) is 6.54 Å². The van der Waals surface area contributed by atoms with Gasteiger partial charge in [0.25, 0.3) is 0 Å². The molecule has 21 heavy (non-hydrogen) atoms. The van der Waals surface area contributed by atoms with Crippen molar-refractivity contribution in [3.63, 3.8) is 0 Å². The van der Waals surface area contributed by atoms with Crippen molar-refractivity contribution in [3.8, 4) is 5.82 Å². The van der Waals surface area contributed by atoms with Gasteiger partial charge in [0, 0.05) is 18.9 Å². The van der Waals surface area contributed by atoms with Crippen LogP contribution in [-0.2, 0) is 12.7 Å². The van der Waals surface area contributed by atoms with Gasteiger partial charge in [0.15, 0.2) is 5.82 Å². The van der Waals surface area contributed by atoms with Gasteiger partial charge in [-0.2, -0.15) is 18.3 Å². The van der Waals surface area contributed by atoms with Gasteiger partial charge in [-0.1, -0.05) is 19.9 Å². The van der Waals surface area contributed by atoms with Gasteiger partial charge in [0.1, 0.15) is 0 Å². The first kappa shape index (κ1) is 15.5. The van der Waals surface area contributed by atoms with Gasteiger partial charge in [0.05, 0.1) is 11.8 Å². The maximum Gasteiger partial charge on any atom is 0.419 e. The van der Waals surface area contributed by atoms with Crippen LogP contribution in [0.2, 0.25) is 0 Å². The third-order valence-electron chi connectivity index (χ3n) is 2.84. The molecular weight excluding hydrogens is 281 g/mol. The predicted molar refractivity (Wildman–Crippen MR) is 72.9 cm³/mol. The van der Waals surface area contributed by atoms with Crippen LogP contribution in [0.1, 0.15) is 25.0 Å². The number of halogens is 3. The number of hydrogen-bond acceptors (Lipinski definition) is 3. The number of alkyl halides is 3. The Bertz CT molecular complexity index is 573. The van der Waals surface area contributed by atoms with E-state index in [0.717, 1.165) is 29.2 Å². The van der Waals surface area contributed by atoms with Crippen LogP contribution in [0.3, 0.4) is 0 Å². The Morgan fingerprint density at radius 2 is 2.00 bits per heavy atom. The number of hydrogen-bond donors (Lipinski definition) is 1. The second-order valence-corrected chi connectivity index (χ2v) is 5.22. The van der Waals surface area contributed by atoms with Crippen LogP contribution in [0, 0.1) is 5.92 Å². The van der Waals surface area contributed by atoms with Gasteiger partial charge in [-0.3, -0.25) is 0 Å². The van der Waals surface area contributed by atoms with E-state index in [1.807, 2.05) is 6.07 Å². The Morgan fingerprint density at radius 3 is 2.52 bits per heavy atom. The van der Waals surface area contributed by atoms with E-state index in [1.54, 1.807) is 12.3 Å². The summed E-state index contributed by atoms with van der Waals surface area (Å²) in [6.45, 7) is 5.81. The van der Waals surface area contributed by atoms with Crippen molar-refractivity contribution in [2.45, 2.75) is 26.6 Å². The van der Waals surface area contributed by atoms with Crippen molar-refractivity contribution < 1.29 is 13.2 Å². The van der Waals surface area contributed by atoms with E-state index >= 15 is 0 Å². The molecule has 0 atom stereocenters. The van der Waals surface area contributed by atoms with Gasteiger partial charge in [-0.05, 0) is 24.1 Å². The molecule has 7 heteroatoms. The molecule has 2 rings (SSSR count). The van der Waals surface area contributed by atoms with Gasteiger partial charge in [-0.25, -0.2) is 9.67 Å². The van der Waals surface area contributed by atoms with E-state index in [2.05, 4.69) is 29.2 Å². The largest absolute Gasteiger partial charge is 0.419 e. The molecule has 4 nitrogen and oxygen atoms in total. The zero-order valence-electron chi connectivity index (χ0n) is 11.9. The highest BCUT2D eigenvalue weighted by Crippen LogP contribution is 2.28. The highest BCUT2D eigenvalue weighted by atomic mass is 19.4. The molecule has 0 saturated heterocycles. The molecule has 0 amide bonds. The van der Waals surface area contributed by atoms with E-state index in [4.69, 9.17) is 0 Å². The van der Waals surface area contributed by atoms with E-state index < -0.39 is 11.7 Å². The molecule has 0 aromatic carbocycles. The summed E-state index contributed by atoms with van der Waals surface area (Å²) in [5.74, 6) is 0.917. The summed E-state index contributed by atoms with van der Waals surface area (Å²) in [6, 6.07) is 3.48. The molecule has 1 N–H and O–H groups in total. The standard InChI is InChI=1S/C14H17F3N4/c1-10(2)5-18-6-11-3-4-13(19-7-11)21-9-12(8-20-21)14(15,16)17/h3-4,7-10,18H,5-6H2,1-2H3. The SMILES string of the molecule is CC(C)CNCc1ccc(-n2cc(C(F)(F)F)cn2)nc1. The van der Waals surface area contributed by atoms with E-state index in [1.165, 1.54) is 0 Å². The lowest BCUT2D eigenvalue weighted by Crippen LogP contribution is -2.19. The maximum atomic E-state index is 12.5. The lowest BCUT2D eigenvalue weighted by atomic mass is 10.2. The zero-order valence-corrected chi connectivity index (χ0v) is 11.9. The van der Waals surface area contributed by atoms with Crippen LogP contribution in [0.15, 0.2) is 30.7 Å². The molecule has 2 aromatic rings. The summed E-state index contributed by atoms with van der Waals surface area (Å²) >= 11 is 0. The van der Waals surface area contributed by atoms with Crippen molar-refractivity contribution >= 4 is 0 Å². The summed E-state index contributed by atoms with van der Waals surface area (Å²) in [6.07, 6.45) is -1.03. The quantitative estimate of drug-likeness (QED) is 0.922. The number of pyridine rings is 1. The minimum absolute atomic E-state index is 0.359. The Morgan fingerprint density at radius 1 is 1.24 bits per heavy atom. The second kappa shape index (κ2) is 6.26. The van der Waals surface area contributed by atoms with Crippen LogP contribution in [0.25, 0.3) is 5.82 Å². The molecule has 2 aromatic heterocycles. The minimum Gasteiger partial charge on any atom is -0.312 e. The fraction of sp³-hybridized carbons (Fsp3) is 0.429. The van der Waals surface area contributed by atoms with E-state index in [9.17, 15) is 13.2 Å². The normalized spacial score (nSPS) is 12.1. The molecule has 114 valence electrons. The minimum atomic E-state index is -4.39. The fourth-order valence-electron chi connectivity index (χ4n) is 1.76.